The van der Waals surface area contributed by atoms with E-state index in [0.717, 1.165) is 12.8 Å². The molecule has 0 aliphatic heterocycles. The second-order valence-electron chi connectivity index (χ2n) is 4.33. The number of nitrogens with zero attached hydrogens (tertiary/aromatic N) is 2. The highest BCUT2D eigenvalue weighted by Crippen LogP contribution is 2.11. The summed E-state index contributed by atoms with van der Waals surface area (Å²) >= 11 is 0. The Balaban J connectivity index is 2.63. The third kappa shape index (κ3) is 3.34. The molecule has 15 heavy (non-hydrogen) atoms. The fraction of sp³-hybridized carbons (Fsp3) is 0.700. The molecule has 84 valence electrons. The normalized spacial score (nSPS) is 11.5. The number of nitrogens with one attached hydrogen (secondary N) is 2. The monoisotopic (exact) mass is 210 g/mol. The van der Waals surface area contributed by atoms with Crippen molar-refractivity contribution in [1.29, 1.82) is 0 Å². The maximum absolute atomic E-state index is 11.7. The minimum atomic E-state index is -0.224. The van der Waals surface area contributed by atoms with Crippen molar-refractivity contribution in [2.24, 2.45) is 0 Å². The number of aryl methyl sites for hydroxylation is 1. The maximum atomic E-state index is 11.7. The third-order valence-corrected chi connectivity index (χ3v) is 2.13. The molecular formula is C10H18N4O. The van der Waals surface area contributed by atoms with Crippen LogP contribution in [-0.4, -0.2) is 26.6 Å². The predicted molar refractivity (Wildman–Crippen MR) is 57.6 cm³/mol. The van der Waals surface area contributed by atoms with Gasteiger partial charge in [0.1, 0.15) is 5.82 Å². The molecule has 1 amide bonds. The van der Waals surface area contributed by atoms with Gasteiger partial charge in [-0.15, -0.1) is 5.10 Å². The molecule has 5 heteroatoms. The highest BCUT2D eigenvalue weighted by Gasteiger charge is 2.22. The number of aromatic nitrogens is 3. The van der Waals surface area contributed by atoms with Crippen LogP contribution < -0.4 is 5.32 Å². The summed E-state index contributed by atoms with van der Waals surface area (Å²) in [7, 11) is 0. The van der Waals surface area contributed by atoms with Crippen LogP contribution in [0.5, 0.6) is 0 Å². The molecule has 1 rings (SSSR count). The van der Waals surface area contributed by atoms with Gasteiger partial charge >= 0.3 is 0 Å². The van der Waals surface area contributed by atoms with Crippen LogP contribution in [0.2, 0.25) is 0 Å². The number of amides is 1. The minimum Gasteiger partial charge on any atom is -0.344 e. The number of aromatic amines is 1. The van der Waals surface area contributed by atoms with Crippen molar-refractivity contribution in [3.8, 4) is 0 Å². The highest BCUT2D eigenvalue weighted by atomic mass is 16.2. The molecule has 2 N–H and O–H groups in total. The van der Waals surface area contributed by atoms with Crippen LogP contribution in [0.15, 0.2) is 0 Å². The van der Waals surface area contributed by atoms with E-state index in [2.05, 4.69) is 27.4 Å². The van der Waals surface area contributed by atoms with E-state index in [1.165, 1.54) is 0 Å². The van der Waals surface area contributed by atoms with E-state index in [1.54, 1.807) is 6.92 Å². The summed E-state index contributed by atoms with van der Waals surface area (Å²) in [6, 6.07) is 0. The second kappa shape index (κ2) is 4.42. The lowest BCUT2D eigenvalue weighted by Gasteiger charge is -2.24. The van der Waals surface area contributed by atoms with Gasteiger partial charge < -0.3 is 5.32 Å². The second-order valence-corrected chi connectivity index (χ2v) is 4.33. The summed E-state index contributed by atoms with van der Waals surface area (Å²) in [5.74, 6) is 0.628. The number of rotatable bonds is 4. The molecule has 1 aromatic rings. The van der Waals surface area contributed by atoms with Crippen molar-refractivity contribution in [3.05, 3.63) is 11.6 Å². The van der Waals surface area contributed by atoms with Gasteiger partial charge in [-0.05, 0) is 27.2 Å². The fourth-order valence-electron chi connectivity index (χ4n) is 1.49. The van der Waals surface area contributed by atoms with Gasteiger partial charge in [0.2, 0.25) is 5.82 Å². The molecule has 0 aliphatic rings. The van der Waals surface area contributed by atoms with Gasteiger partial charge in [-0.3, -0.25) is 9.89 Å². The Morgan fingerprint density at radius 2 is 2.20 bits per heavy atom. The highest BCUT2D eigenvalue weighted by molar-refractivity contribution is 5.90. The summed E-state index contributed by atoms with van der Waals surface area (Å²) in [5.41, 5.74) is -0.208. The molecule has 0 atom stereocenters. The average Bonchev–Trinajstić information content (AvgIpc) is 2.50. The van der Waals surface area contributed by atoms with Crippen molar-refractivity contribution in [2.75, 3.05) is 0 Å². The molecule has 0 unspecified atom stereocenters. The first-order chi connectivity index (χ1) is 6.94. The van der Waals surface area contributed by atoms with Crippen molar-refractivity contribution < 1.29 is 4.79 Å². The topological polar surface area (TPSA) is 70.7 Å². The smallest absolute Gasteiger partial charge is 0.291 e. The lowest BCUT2D eigenvalue weighted by molar-refractivity contribution is 0.0898. The number of H-pyrrole nitrogens is 1. The fourth-order valence-corrected chi connectivity index (χ4v) is 1.49. The summed E-state index contributed by atoms with van der Waals surface area (Å²) in [6.45, 7) is 7.84. The Hall–Kier alpha value is -1.39. The Labute approximate surface area is 89.7 Å². The molecule has 0 saturated heterocycles. The van der Waals surface area contributed by atoms with Gasteiger partial charge in [0.05, 0.1) is 0 Å². The van der Waals surface area contributed by atoms with Crippen molar-refractivity contribution in [2.45, 2.75) is 46.1 Å². The molecule has 1 aromatic heterocycles. The Morgan fingerprint density at radius 3 is 2.67 bits per heavy atom. The summed E-state index contributed by atoms with van der Waals surface area (Å²) in [4.78, 5) is 15.7. The lowest BCUT2D eigenvalue weighted by atomic mass is 9.99. The van der Waals surface area contributed by atoms with Gasteiger partial charge in [0, 0.05) is 5.54 Å². The molecule has 0 bridgehead atoms. The van der Waals surface area contributed by atoms with Crippen LogP contribution in [0.3, 0.4) is 0 Å². The zero-order valence-corrected chi connectivity index (χ0v) is 9.72. The molecule has 5 nitrogen and oxygen atoms in total. The maximum Gasteiger partial charge on any atom is 0.291 e. The number of carbonyl (C=O) groups excluding carboxylic acids is 1. The first-order valence-electron chi connectivity index (χ1n) is 5.16. The Morgan fingerprint density at radius 1 is 1.53 bits per heavy atom. The van der Waals surface area contributed by atoms with E-state index in [1.807, 2.05) is 13.8 Å². The Kier molecular flexibility index (Phi) is 3.44. The van der Waals surface area contributed by atoms with Crippen molar-refractivity contribution in [1.82, 2.24) is 20.5 Å². The number of hydrogen-bond donors (Lipinski definition) is 2. The van der Waals surface area contributed by atoms with Crippen LogP contribution in [0.25, 0.3) is 0 Å². The average molecular weight is 210 g/mol. The van der Waals surface area contributed by atoms with Gasteiger partial charge in [-0.1, -0.05) is 13.3 Å². The van der Waals surface area contributed by atoms with Gasteiger partial charge in [-0.25, -0.2) is 4.98 Å². The number of hydrogen-bond acceptors (Lipinski definition) is 3. The third-order valence-electron chi connectivity index (χ3n) is 2.13. The summed E-state index contributed by atoms with van der Waals surface area (Å²) in [6.07, 6.45) is 1.96. The van der Waals surface area contributed by atoms with Gasteiger partial charge in [0.25, 0.3) is 5.91 Å². The predicted octanol–water partition coefficient (Wildman–Crippen LogP) is 1.42. The minimum absolute atomic E-state index is 0.205. The summed E-state index contributed by atoms with van der Waals surface area (Å²) < 4.78 is 0. The first-order valence-corrected chi connectivity index (χ1v) is 5.16. The van der Waals surface area contributed by atoms with Gasteiger partial charge in [0.15, 0.2) is 0 Å². The van der Waals surface area contributed by atoms with Crippen LogP contribution in [0, 0.1) is 6.92 Å². The molecule has 1 heterocycles. The number of carbonyl (C=O) groups is 1. The first kappa shape index (κ1) is 11.7. The molecule has 0 aromatic carbocycles. The van der Waals surface area contributed by atoms with E-state index in [9.17, 15) is 4.79 Å². The zero-order valence-electron chi connectivity index (χ0n) is 9.72. The van der Waals surface area contributed by atoms with Crippen LogP contribution >= 0.6 is 0 Å². The van der Waals surface area contributed by atoms with E-state index < -0.39 is 0 Å². The molecule has 0 saturated carbocycles. The van der Waals surface area contributed by atoms with Crippen LogP contribution in [-0.2, 0) is 0 Å². The van der Waals surface area contributed by atoms with E-state index in [4.69, 9.17) is 0 Å². The van der Waals surface area contributed by atoms with Crippen LogP contribution in [0.1, 0.15) is 50.1 Å². The molecule has 0 aliphatic carbocycles. The molecule has 0 spiro atoms. The largest absolute Gasteiger partial charge is 0.344 e. The van der Waals surface area contributed by atoms with Crippen LogP contribution in [0.4, 0.5) is 0 Å². The standard InChI is InChI=1S/C10H18N4O/c1-5-6-10(3,4)12-9(15)8-11-7(2)13-14-8/h5-6H2,1-4H3,(H,12,15)(H,11,13,14). The van der Waals surface area contributed by atoms with E-state index in [0.29, 0.717) is 5.82 Å². The van der Waals surface area contributed by atoms with E-state index >= 15 is 0 Å². The molecule has 0 fully saturated rings. The summed E-state index contributed by atoms with van der Waals surface area (Å²) in [5, 5.41) is 9.36. The van der Waals surface area contributed by atoms with Crippen molar-refractivity contribution in [3.63, 3.8) is 0 Å². The molecular weight excluding hydrogens is 192 g/mol. The van der Waals surface area contributed by atoms with E-state index in [-0.39, 0.29) is 17.3 Å². The molecule has 0 radical (unpaired) electrons. The van der Waals surface area contributed by atoms with Gasteiger partial charge in [-0.2, -0.15) is 0 Å². The zero-order chi connectivity index (χ0) is 11.5. The van der Waals surface area contributed by atoms with Crippen molar-refractivity contribution >= 4 is 5.91 Å². The SMILES string of the molecule is CCCC(C)(C)NC(=O)c1n[nH]c(C)n1. The Bertz CT molecular complexity index is 343. The quantitative estimate of drug-likeness (QED) is 0.789. The lowest BCUT2D eigenvalue weighted by Crippen LogP contribution is -2.43.